The van der Waals surface area contributed by atoms with Crippen LogP contribution < -0.4 is 29.6 Å². The molecule has 2 amide bonds. The summed E-state index contributed by atoms with van der Waals surface area (Å²) in [7, 11) is -18.0. The predicted molar refractivity (Wildman–Crippen MR) is 302 cm³/mol. The zero-order valence-electron chi connectivity index (χ0n) is 44.7. The molecular weight excluding hydrogens is 1150 g/mol. The average Bonchev–Trinajstić information content (AvgIpc) is 3.53. The standard InChI is InChI=1S/C51H56N10O17S4/c1-7-75-37-13-17-41(49(27-37)81(69,70)71)56-58-43-29-47(77-19-9-21-79(63,64)65)45(25-33(43)5)60-54-39-15-11-35(23-31(39)3)52-51(62)53-36-12-16-40(32(4)24-36)55-61-46-26-34(6)44(30-48(46)78-20-10-22-80(66,67)68)59-57-42-18-14-38(76-8-2)28-50(42)82(72,73)74/h11-18,23-30H,7-10,19-22H2,1-6H3,(H2,52,53,62)(H,63,64,65)(H,66,67,68)(H,69,70,71)(H,72,73,74)/b58-56-,59-57?,60-54?,61-55?. The molecule has 6 rings (SSSR count). The molecule has 0 unspecified atom stereocenters. The molecule has 0 aliphatic carbocycles. The first-order valence-corrected chi connectivity index (χ1v) is 30.6. The van der Waals surface area contributed by atoms with E-state index in [2.05, 4.69) is 51.5 Å². The fourth-order valence-corrected chi connectivity index (χ4v) is 9.51. The molecule has 0 bridgehead atoms. The average molecular weight is 1210 g/mol. The van der Waals surface area contributed by atoms with Crippen molar-refractivity contribution in [3.05, 3.63) is 119 Å². The van der Waals surface area contributed by atoms with Crippen molar-refractivity contribution in [3.63, 3.8) is 0 Å². The zero-order valence-corrected chi connectivity index (χ0v) is 48.0. The lowest BCUT2D eigenvalue weighted by atomic mass is 10.1. The number of nitrogens with one attached hydrogen (secondary N) is 2. The van der Waals surface area contributed by atoms with Crippen LogP contribution in [0, 0.1) is 27.7 Å². The number of benzene rings is 6. The Morgan fingerprint density at radius 1 is 0.415 bits per heavy atom. The maximum absolute atomic E-state index is 13.2. The monoisotopic (exact) mass is 1210 g/mol. The van der Waals surface area contributed by atoms with Crippen LogP contribution in [0.4, 0.5) is 61.7 Å². The molecule has 0 heterocycles. The van der Waals surface area contributed by atoms with Crippen molar-refractivity contribution >= 4 is 103 Å². The third kappa shape index (κ3) is 19.0. The summed E-state index contributed by atoms with van der Waals surface area (Å²) in [5.74, 6) is -0.640. The van der Waals surface area contributed by atoms with Crippen LogP contribution in [0.2, 0.25) is 0 Å². The first-order valence-electron chi connectivity index (χ1n) is 24.5. The summed E-state index contributed by atoms with van der Waals surface area (Å²) >= 11 is 0. The molecule has 27 nitrogen and oxygen atoms in total. The van der Waals surface area contributed by atoms with Crippen molar-refractivity contribution in [2.45, 2.75) is 64.2 Å². The second-order valence-corrected chi connectivity index (χ2v) is 23.6. The summed E-state index contributed by atoms with van der Waals surface area (Å²) in [6.45, 7) is 10.3. The molecule has 0 radical (unpaired) electrons. The van der Waals surface area contributed by atoms with Gasteiger partial charge < -0.3 is 29.6 Å². The first-order chi connectivity index (χ1) is 38.6. The van der Waals surface area contributed by atoms with Crippen LogP contribution in [0.5, 0.6) is 23.0 Å². The lowest BCUT2D eigenvalue weighted by Gasteiger charge is -2.12. The van der Waals surface area contributed by atoms with Crippen LogP contribution in [-0.4, -0.2) is 95.8 Å². The summed E-state index contributed by atoms with van der Waals surface area (Å²) in [6, 6.07) is 22.8. The lowest BCUT2D eigenvalue weighted by molar-refractivity contribution is 0.262. The smallest absolute Gasteiger partial charge is 0.323 e. The summed E-state index contributed by atoms with van der Waals surface area (Å²) in [6.07, 6.45) is -0.185. The van der Waals surface area contributed by atoms with Gasteiger partial charge in [0.1, 0.15) is 55.5 Å². The van der Waals surface area contributed by atoms with Gasteiger partial charge in [0.15, 0.2) is 0 Å². The Labute approximate surface area is 472 Å². The number of carbonyl (C=O) groups excluding carboxylic acids is 1. The van der Waals surface area contributed by atoms with Gasteiger partial charge in [0.2, 0.25) is 0 Å². The highest BCUT2D eigenvalue weighted by Crippen LogP contribution is 2.41. The summed E-state index contributed by atoms with van der Waals surface area (Å²) in [5.41, 5.74) is 4.11. The zero-order chi connectivity index (χ0) is 60.0. The van der Waals surface area contributed by atoms with E-state index in [1.165, 1.54) is 36.4 Å². The largest absolute Gasteiger partial charge is 0.494 e. The Morgan fingerprint density at radius 2 is 0.744 bits per heavy atom. The van der Waals surface area contributed by atoms with Crippen LogP contribution in [0.15, 0.2) is 148 Å². The van der Waals surface area contributed by atoms with Gasteiger partial charge in [-0.15, -0.1) is 20.5 Å². The third-order valence-electron chi connectivity index (χ3n) is 11.2. The maximum atomic E-state index is 13.2. The van der Waals surface area contributed by atoms with Crippen molar-refractivity contribution in [2.24, 2.45) is 40.9 Å². The van der Waals surface area contributed by atoms with Crippen molar-refractivity contribution < 1.29 is 75.6 Å². The van der Waals surface area contributed by atoms with Gasteiger partial charge in [-0.2, -0.15) is 54.1 Å². The summed E-state index contributed by atoms with van der Waals surface area (Å²) in [4.78, 5) is 12.1. The molecule has 6 N–H and O–H groups in total. The van der Waals surface area contributed by atoms with Gasteiger partial charge in [-0.05, 0) is 149 Å². The Morgan fingerprint density at radius 3 is 1.09 bits per heavy atom. The molecular formula is C51H56N10O17S4. The van der Waals surface area contributed by atoms with E-state index in [0.717, 1.165) is 12.1 Å². The maximum Gasteiger partial charge on any atom is 0.323 e. The number of ether oxygens (including phenoxy) is 4. The van der Waals surface area contributed by atoms with Crippen molar-refractivity contribution in [3.8, 4) is 23.0 Å². The van der Waals surface area contributed by atoms with Crippen LogP contribution in [-0.2, 0) is 40.5 Å². The fraction of sp³-hybridized carbons (Fsp3) is 0.275. The van der Waals surface area contributed by atoms with E-state index in [-0.39, 0.29) is 96.4 Å². The molecule has 6 aromatic carbocycles. The van der Waals surface area contributed by atoms with Gasteiger partial charge >= 0.3 is 6.03 Å². The van der Waals surface area contributed by atoms with E-state index in [9.17, 15) is 56.7 Å². The molecule has 0 aromatic heterocycles. The molecule has 82 heavy (non-hydrogen) atoms. The predicted octanol–water partition coefficient (Wildman–Crippen LogP) is 12.8. The van der Waals surface area contributed by atoms with E-state index in [1.807, 2.05) is 0 Å². The van der Waals surface area contributed by atoms with Crippen LogP contribution >= 0.6 is 0 Å². The SMILES string of the molecule is CCOc1ccc(N=Nc2cc(OCCCS(=O)(=O)O)c(N=Nc3ccc(NC(=O)Nc4ccc(N=Nc5cc(C)c(/N=N\c6ccc(OCC)cc6S(=O)(=O)O)cc5OCCCS(=O)(=O)O)c(C)c4)cc3C)cc2C)c(S(=O)(=O)O)c1. The fourth-order valence-electron chi connectivity index (χ4n) is 7.27. The second kappa shape index (κ2) is 27.5. The van der Waals surface area contributed by atoms with E-state index in [1.54, 1.807) is 90.1 Å². The highest BCUT2D eigenvalue weighted by molar-refractivity contribution is 7.86. The van der Waals surface area contributed by atoms with Crippen LogP contribution in [0.3, 0.4) is 0 Å². The number of aryl methyl sites for hydroxylation is 4. The number of anilines is 2. The number of nitrogens with zero attached hydrogens (tertiary/aromatic N) is 8. The molecule has 0 fully saturated rings. The minimum absolute atomic E-state index is 0.0814. The Bertz CT molecular complexity index is 3700. The molecule has 0 atom stereocenters. The Hall–Kier alpha value is -8.17. The third-order valence-corrected chi connectivity index (χ3v) is 14.5. The number of carbonyl (C=O) groups is 1. The quantitative estimate of drug-likeness (QED) is 0.0167. The highest BCUT2D eigenvalue weighted by Gasteiger charge is 2.20. The van der Waals surface area contributed by atoms with Gasteiger partial charge in [-0.25, -0.2) is 4.79 Å². The van der Waals surface area contributed by atoms with Crippen molar-refractivity contribution in [2.75, 3.05) is 48.6 Å². The molecule has 436 valence electrons. The van der Waals surface area contributed by atoms with Crippen LogP contribution in [0.1, 0.15) is 48.9 Å². The van der Waals surface area contributed by atoms with Gasteiger partial charge in [-0.3, -0.25) is 18.2 Å². The van der Waals surface area contributed by atoms with Gasteiger partial charge in [0.05, 0.1) is 60.7 Å². The molecule has 0 saturated carbocycles. The number of urea groups is 1. The Kier molecular flexibility index (Phi) is 21.2. The van der Waals surface area contributed by atoms with Gasteiger partial charge in [-0.1, -0.05) is 0 Å². The van der Waals surface area contributed by atoms with Crippen molar-refractivity contribution in [1.29, 1.82) is 0 Å². The van der Waals surface area contributed by atoms with Crippen LogP contribution in [0.25, 0.3) is 0 Å². The Balaban J connectivity index is 1.16. The number of hydrogen-bond acceptors (Lipinski definition) is 21. The van der Waals surface area contributed by atoms with Crippen molar-refractivity contribution in [1.82, 2.24) is 0 Å². The number of rotatable bonds is 26. The number of azo groups is 4. The molecule has 0 saturated heterocycles. The number of hydrogen-bond donors (Lipinski definition) is 6. The van der Waals surface area contributed by atoms with Gasteiger partial charge in [0, 0.05) is 35.6 Å². The second-order valence-electron chi connectivity index (χ2n) is 17.6. The normalized spacial score (nSPS) is 12.4. The van der Waals surface area contributed by atoms with E-state index >= 15 is 0 Å². The summed E-state index contributed by atoms with van der Waals surface area (Å²) in [5, 5.41) is 39.5. The highest BCUT2D eigenvalue weighted by atomic mass is 32.2. The van der Waals surface area contributed by atoms with E-state index in [0.29, 0.717) is 45.0 Å². The topological polar surface area (TPSA) is 394 Å². The molecule has 0 aliphatic rings. The minimum Gasteiger partial charge on any atom is -0.494 e. The molecule has 0 aliphatic heterocycles. The molecule has 6 aromatic rings. The molecule has 0 spiro atoms. The van der Waals surface area contributed by atoms with Gasteiger partial charge in [0.25, 0.3) is 40.5 Å². The minimum atomic E-state index is -4.74. The van der Waals surface area contributed by atoms with E-state index < -0.39 is 67.8 Å². The van der Waals surface area contributed by atoms with E-state index in [4.69, 9.17) is 18.9 Å². The molecule has 31 heteroatoms. The lowest BCUT2D eigenvalue weighted by Crippen LogP contribution is -2.19. The first kappa shape index (κ1) is 63.0. The summed E-state index contributed by atoms with van der Waals surface area (Å²) < 4.78 is 155. The number of amides is 2.